The number of aliphatic hydroxyl groups excluding tert-OH is 1. The fourth-order valence-electron chi connectivity index (χ4n) is 4.56. The molecule has 3 aliphatic heterocycles. The maximum atomic E-state index is 13.0. The Balaban J connectivity index is 1.73. The van der Waals surface area contributed by atoms with Crippen LogP contribution in [0.25, 0.3) is 11.3 Å². The molecular weight excluding hydrogens is 400 g/mol. The summed E-state index contributed by atoms with van der Waals surface area (Å²) < 4.78 is 29.6. The molecule has 1 atom stereocenters. The van der Waals surface area contributed by atoms with Crippen LogP contribution in [0.1, 0.15) is 47.3 Å². The van der Waals surface area contributed by atoms with Gasteiger partial charge in [0.2, 0.25) is 0 Å². The summed E-state index contributed by atoms with van der Waals surface area (Å²) in [6, 6.07) is 7.25. The number of fused-ring (bicyclic) bond motifs is 6. The number of aliphatic hydroxyl groups is 1. The molecule has 162 valence electrons. The van der Waals surface area contributed by atoms with E-state index in [1.54, 1.807) is 26.4 Å². The van der Waals surface area contributed by atoms with E-state index in [1.165, 1.54) is 0 Å². The van der Waals surface area contributed by atoms with Gasteiger partial charge in [0.15, 0.2) is 11.9 Å². The second-order valence-corrected chi connectivity index (χ2v) is 8.46. The smallest absolute Gasteiger partial charge is 0.174 e. The van der Waals surface area contributed by atoms with Gasteiger partial charge in [-0.25, -0.2) is 0 Å². The van der Waals surface area contributed by atoms with E-state index in [0.717, 1.165) is 11.1 Å². The van der Waals surface area contributed by atoms with Gasteiger partial charge in [-0.1, -0.05) is 0 Å². The van der Waals surface area contributed by atoms with Gasteiger partial charge in [-0.2, -0.15) is 0 Å². The number of hydrogen-bond donors (Lipinski definition) is 1. The highest BCUT2D eigenvalue weighted by Crippen LogP contribution is 2.51. The van der Waals surface area contributed by atoms with Crippen LogP contribution in [0.2, 0.25) is 0 Å². The van der Waals surface area contributed by atoms with E-state index in [4.69, 9.17) is 23.7 Å². The molecule has 0 saturated carbocycles. The average Bonchev–Trinajstić information content (AvgIpc) is 2.74. The topological polar surface area (TPSA) is 83.5 Å². The molecule has 0 bridgehead atoms. The number of rotatable bonds is 3. The molecule has 0 aromatic heterocycles. The van der Waals surface area contributed by atoms with Gasteiger partial charge in [-0.3, -0.25) is 4.79 Å². The van der Waals surface area contributed by atoms with Crippen LogP contribution in [0, 0.1) is 0 Å². The van der Waals surface area contributed by atoms with Gasteiger partial charge in [0.1, 0.15) is 46.5 Å². The summed E-state index contributed by atoms with van der Waals surface area (Å²) in [6.07, 6.45) is -0.196. The first-order chi connectivity index (χ1) is 14.9. The highest BCUT2D eigenvalue weighted by atomic mass is 16.5. The summed E-state index contributed by atoms with van der Waals surface area (Å²) >= 11 is 0. The van der Waals surface area contributed by atoms with Gasteiger partial charge >= 0.3 is 0 Å². The number of ether oxygens (including phenoxy) is 5. The van der Waals surface area contributed by atoms with Crippen LogP contribution in [0.3, 0.4) is 0 Å². The van der Waals surface area contributed by atoms with E-state index in [-0.39, 0.29) is 25.4 Å². The molecule has 7 nitrogen and oxygen atoms in total. The number of methoxy groups -OCH3 is 2. The SMILES string of the molecule is COC1=C2c3cc(OC)c(CO)cc3OC[C@H]2Oc2c1ccc1c2C(=O)CC(C)(C)O1. The summed E-state index contributed by atoms with van der Waals surface area (Å²) in [5.41, 5.74) is 2.81. The summed E-state index contributed by atoms with van der Waals surface area (Å²) in [5.74, 6) is 2.76. The van der Waals surface area contributed by atoms with Crippen molar-refractivity contribution in [2.75, 3.05) is 20.8 Å². The summed E-state index contributed by atoms with van der Waals surface area (Å²) in [7, 11) is 3.16. The normalized spacial score (nSPS) is 20.3. The third-order valence-electron chi connectivity index (χ3n) is 5.88. The van der Waals surface area contributed by atoms with Gasteiger partial charge in [0.05, 0.1) is 32.8 Å². The predicted octanol–water partition coefficient (Wildman–Crippen LogP) is 3.60. The van der Waals surface area contributed by atoms with E-state index in [9.17, 15) is 9.90 Å². The standard InChI is InChI=1S/C24H24O7/c1-24(2)9-15(26)21-16(31-24)6-5-13-22(28-4)20-14-8-17(27-3)12(10-25)7-18(14)29-11-19(20)30-23(13)21/h5-8,19,25H,9-11H2,1-4H3/t19-/m1/s1. The molecule has 2 aromatic carbocycles. The van der Waals surface area contributed by atoms with Crippen molar-refractivity contribution in [3.63, 3.8) is 0 Å². The van der Waals surface area contributed by atoms with Gasteiger partial charge in [0, 0.05) is 16.7 Å². The first-order valence-electron chi connectivity index (χ1n) is 10.2. The van der Waals surface area contributed by atoms with Crippen molar-refractivity contribution in [1.82, 2.24) is 0 Å². The molecule has 0 fully saturated rings. The zero-order valence-electron chi connectivity index (χ0n) is 17.9. The Hall–Kier alpha value is -3.19. The van der Waals surface area contributed by atoms with E-state index in [2.05, 4.69) is 0 Å². The molecule has 7 heteroatoms. The van der Waals surface area contributed by atoms with Gasteiger partial charge in [-0.05, 0) is 38.1 Å². The minimum Gasteiger partial charge on any atom is -0.496 e. The van der Waals surface area contributed by atoms with Crippen LogP contribution in [0.4, 0.5) is 0 Å². The van der Waals surface area contributed by atoms with Crippen molar-refractivity contribution in [2.45, 2.75) is 38.6 Å². The fourth-order valence-corrected chi connectivity index (χ4v) is 4.56. The highest BCUT2D eigenvalue weighted by molar-refractivity contribution is 6.06. The Bertz CT molecular complexity index is 1130. The van der Waals surface area contributed by atoms with Gasteiger partial charge < -0.3 is 28.8 Å². The van der Waals surface area contributed by atoms with E-state index in [1.807, 2.05) is 26.0 Å². The zero-order chi connectivity index (χ0) is 21.9. The number of benzene rings is 2. The van der Waals surface area contributed by atoms with Crippen molar-refractivity contribution in [3.05, 3.63) is 46.5 Å². The molecule has 0 amide bonds. The first kappa shape index (κ1) is 19.8. The van der Waals surface area contributed by atoms with Crippen LogP contribution in [-0.4, -0.2) is 43.4 Å². The monoisotopic (exact) mass is 424 g/mol. The number of carbonyl (C=O) groups excluding carboxylic acids is 1. The van der Waals surface area contributed by atoms with E-state index < -0.39 is 11.7 Å². The van der Waals surface area contributed by atoms with Gasteiger partial charge in [-0.15, -0.1) is 0 Å². The van der Waals surface area contributed by atoms with Crippen LogP contribution >= 0.6 is 0 Å². The number of hydrogen-bond acceptors (Lipinski definition) is 7. The lowest BCUT2D eigenvalue weighted by atomic mass is 9.86. The molecular formula is C24H24O7. The minimum atomic E-state index is -0.564. The Morgan fingerprint density at radius 2 is 1.94 bits per heavy atom. The second-order valence-electron chi connectivity index (χ2n) is 8.46. The Morgan fingerprint density at radius 3 is 2.65 bits per heavy atom. The maximum absolute atomic E-state index is 13.0. The summed E-state index contributed by atoms with van der Waals surface area (Å²) in [5, 5.41) is 9.65. The molecule has 1 N–H and O–H groups in total. The number of Topliss-reactive ketones (excluding diaryl/α,β-unsaturated/α-hetero) is 1. The van der Waals surface area contributed by atoms with Crippen molar-refractivity contribution >= 4 is 17.1 Å². The Labute approximate surface area is 180 Å². The predicted molar refractivity (Wildman–Crippen MR) is 113 cm³/mol. The molecule has 0 radical (unpaired) electrons. The molecule has 2 aromatic rings. The molecule has 3 aliphatic rings. The van der Waals surface area contributed by atoms with Crippen LogP contribution in [-0.2, 0) is 11.3 Å². The van der Waals surface area contributed by atoms with Crippen LogP contribution in [0.15, 0.2) is 24.3 Å². The third kappa shape index (κ3) is 2.95. The van der Waals surface area contributed by atoms with Gasteiger partial charge in [0.25, 0.3) is 0 Å². The van der Waals surface area contributed by atoms with Crippen molar-refractivity contribution in [3.8, 4) is 23.0 Å². The largest absolute Gasteiger partial charge is 0.496 e. The van der Waals surface area contributed by atoms with Crippen LogP contribution < -0.4 is 18.9 Å². The second kappa shape index (κ2) is 6.92. The third-order valence-corrected chi connectivity index (χ3v) is 5.88. The van der Waals surface area contributed by atoms with Crippen molar-refractivity contribution < 1.29 is 33.6 Å². The molecule has 0 aliphatic carbocycles. The summed E-state index contributed by atoms with van der Waals surface area (Å²) in [4.78, 5) is 13.0. The average molecular weight is 424 g/mol. The van der Waals surface area contributed by atoms with E-state index >= 15 is 0 Å². The Morgan fingerprint density at radius 1 is 1.13 bits per heavy atom. The minimum absolute atomic E-state index is 0.0200. The lowest BCUT2D eigenvalue weighted by Crippen LogP contribution is -2.38. The number of carbonyl (C=O) groups is 1. The lowest BCUT2D eigenvalue weighted by molar-refractivity contribution is 0.0604. The molecule has 0 saturated heterocycles. The number of ketones is 1. The van der Waals surface area contributed by atoms with E-state index in [0.29, 0.717) is 45.4 Å². The molecule has 3 heterocycles. The highest BCUT2D eigenvalue weighted by Gasteiger charge is 2.42. The van der Waals surface area contributed by atoms with Crippen molar-refractivity contribution in [2.24, 2.45) is 0 Å². The molecule has 0 spiro atoms. The lowest BCUT2D eigenvalue weighted by Gasteiger charge is -2.38. The maximum Gasteiger partial charge on any atom is 0.174 e. The van der Waals surface area contributed by atoms with Crippen molar-refractivity contribution in [1.29, 1.82) is 0 Å². The molecule has 31 heavy (non-hydrogen) atoms. The summed E-state index contributed by atoms with van der Waals surface area (Å²) in [6.45, 7) is 3.87. The van der Waals surface area contributed by atoms with Crippen LogP contribution in [0.5, 0.6) is 23.0 Å². The fraction of sp³-hybridized carbons (Fsp3) is 0.375. The zero-order valence-corrected chi connectivity index (χ0v) is 17.9. The quantitative estimate of drug-likeness (QED) is 0.806. The first-order valence-corrected chi connectivity index (χ1v) is 10.2. The molecule has 0 unspecified atom stereocenters. The Kier molecular flexibility index (Phi) is 4.41. The molecule has 5 rings (SSSR count).